The number of unbranched alkanes of at least 4 members (excludes halogenated alkanes) is 3. The normalized spacial score (nSPS) is 10.7. The average Bonchev–Trinajstić information content (AvgIpc) is 2.47. The molecule has 0 N–H and O–H groups in total. The number of hydrogen-bond donors (Lipinski definition) is 0. The summed E-state index contributed by atoms with van der Waals surface area (Å²) >= 11 is 10.7. The van der Waals surface area contributed by atoms with Crippen molar-refractivity contribution in [3.05, 3.63) is 37.3 Å². The molecule has 0 saturated heterocycles. The van der Waals surface area contributed by atoms with Crippen molar-refractivity contribution >= 4 is 53.0 Å². The van der Waals surface area contributed by atoms with Crippen LogP contribution in [0.4, 0.5) is 0 Å². The molecular formula is C16H28Cl2N2Sn. The van der Waals surface area contributed by atoms with Crippen molar-refractivity contribution in [1.29, 1.82) is 0 Å². The minimum absolute atomic E-state index is 0. The van der Waals surface area contributed by atoms with E-state index < -0.39 is 0 Å². The Morgan fingerprint density at radius 2 is 1.29 bits per heavy atom. The molecule has 8 radical (unpaired) electrons. The van der Waals surface area contributed by atoms with Gasteiger partial charge in [0, 0.05) is 29.8 Å². The van der Waals surface area contributed by atoms with Crippen LogP contribution in [0.1, 0.15) is 59.3 Å². The minimum atomic E-state index is 0. The van der Waals surface area contributed by atoms with Gasteiger partial charge < -0.3 is 0 Å². The molecule has 1 rings (SSSR count). The third-order valence-electron chi connectivity index (χ3n) is 1.59. The van der Waals surface area contributed by atoms with E-state index in [1.165, 1.54) is 25.5 Å². The second-order valence-electron chi connectivity index (χ2n) is 3.66. The summed E-state index contributed by atoms with van der Waals surface area (Å²) in [5.74, 6) is 2.39. The van der Waals surface area contributed by atoms with Gasteiger partial charge in [0.05, 0.1) is 6.20 Å². The summed E-state index contributed by atoms with van der Waals surface area (Å²) in [4.78, 5) is 3.53. The smallest absolute Gasteiger partial charge is 0.192 e. The first-order valence-corrected chi connectivity index (χ1v) is 7.72. The Morgan fingerprint density at radius 3 is 1.43 bits per heavy atom. The zero-order chi connectivity index (χ0) is 16.2. The Hall–Kier alpha value is 0.369. The van der Waals surface area contributed by atoms with Crippen LogP contribution in [-0.4, -0.2) is 29.8 Å². The fourth-order valence-corrected chi connectivity index (χ4v) is 0.603. The first-order chi connectivity index (χ1) is 9.53. The zero-order valence-corrected chi connectivity index (χ0v) is 18.0. The van der Waals surface area contributed by atoms with Crippen molar-refractivity contribution in [3.8, 4) is 0 Å². The first kappa shape index (κ1) is 29.4. The molecule has 0 aromatic rings. The molecule has 21 heavy (non-hydrogen) atoms. The van der Waals surface area contributed by atoms with Gasteiger partial charge in [-0.15, -0.1) is 0 Å². The zero-order valence-electron chi connectivity index (χ0n) is 13.6. The van der Waals surface area contributed by atoms with Crippen LogP contribution < -0.4 is 5.32 Å². The summed E-state index contributed by atoms with van der Waals surface area (Å²) in [6.07, 6.45) is 8.20. The summed E-state index contributed by atoms with van der Waals surface area (Å²) in [6, 6.07) is 0. The molecule has 0 unspecified atom stereocenters. The summed E-state index contributed by atoms with van der Waals surface area (Å²) in [5.41, 5.74) is 0. The van der Waals surface area contributed by atoms with Crippen LogP contribution in [0.2, 0.25) is 0 Å². The molecule has 0 amide bonds. The van der Waals surface area contributed by atoms with E-state index in [4.69, 9.17) is 23.2 Å². The van der Waals surface area contributed by atoms with Gasteiger partial charge in [-0.05, 0) is 0 Å². The first-order valence-electron chi connectivity index (χ1n) is 6.97. The van der Waals surface area contributed by atoms with Crippen LogP contribution in [0.15, 0.2) is 21.5 Å². The number of aliphatic imine (C=N–C) groups is 1. The molecule has 5 heteroatoms. The summed E-state index contributed by atoms with van der Waals surface area (Å²) < 4.78 is 0. The van der Waals surface area contributed by atoms with Crippen LogP contribution in [0.3, 0.4) is 0 Å². The maximum Gasteiger partial charge on any atom is 0.192 e. The third kappa shape index (κ3) is 38.5. The van der Waals surface area contributed by atoms with Crippen molar-refractivity contribution in [2.75, 3.05) is 0 Å². The van der Waals surface area contributed by atoms with E-state index in [0.29, 0.717) is 0 Å². The second-order valence-corrected chi connectivity index (χ2v) is 4.40. The number of rotatable bonds is 3. The minimum Gasteiger partial charge on any atom is -0.213 e. The predicted octanol–water partition coefficient (Wildman–Crippen LogP) is 5.87. The number of halogens is 2. The molecule has 2 nitrogen and oxygen atoms in total. The van der Waals surface area contributed by atoms with E-state index in [9.17, 15) is 0 Å². The van der Waals surface area contributed by atoms with E-state index in [-0.39, 0.29) is 34.2 Å². The molecule has 0 bridgehead atoms. The van der Waals surface area contributed by atoms with Crippen LogP contribution in [0, 0.1) is 20.8 Å². The third-order valence-corrected chi connectivity index (χ3v) is 1.94. The Balaban J connectivity index is -0.0000000973. The molecular weight excluding hydrogens is 410 g/mol. The summed E-state index contributed by atoms with van der Waals surface area (Å²) in [5, 5.41) is 4.06. The van der Waals surface area contributed by atoms with E-state index in [1.54, 1.807) is 0 Å². The Morgan fingerprint density at radius 1 is 0.952 bits per heavy atom. The molecule has 0 aromatic carbocycles. The number of hydrogen-bond acceptors (Lipinski definition) is 1. The van der Waals surface area contributed by atoms with Gasteiger partial charge in [0.25, 0.3) is 0 Å². The second kappa shape index (κ2) is 28.5. The van der Waals surface area contributed by atoms with Crippen molar-refractivity contribution in [2.45, 2.75) is 59.3 Å². The van der Waals surface area contributed by atoms with Crippen LogP contribution in [0.25, 0.3) is 0 Å². The van der Waals surface area contributed by atoms with Gasteiger partial charge in [0.15, 0.2) is 10.3 Å². The molecule has 0 aliphatic carbocycles. The Bertz CT molecular complexity index is 258. The molecule has 0 fully saturated rings. The van der Waals surface area contributed by atoms with Crippen molar-refractivity contribution in [3.63, 3.8) is 0 Å². The van der Waals surface area contributed by atoms with Crippen molar-refractivity contribution in [2.24, 2.45) is 4.99 Å². The van der Waals surface area contributed by atoms with Crippen LogP contribution in [-0.2, 0) is 0 Å². The van der Waals surface area contributed by atoms with Gasteiger partial charge in [-0.25, -0.2) is 10.3 Å². The topological polar surface area (TPSA) is 26.5 Å². The molecule has 1 aliphatic heterocycles. The fourth-order valence-electron chi connectivity index (χ4n) is 0.286. The average molecular weight is 438 g/mol. The molecule has 1 heterocycles. The molecule has 120 valence electrons. The summed E-state index contributed by atoms with van der Waals surface area (Å²) in [7, 11) is 0. The largest absolute Gasteiger partial charge is 0.213 e. The number of nitrogens with zero attached hydrogens (tertiary/aromatic N) is 2. The van der Waals surface area contributed by atoms with Gasteiger partial charge in [-0.3, -0.25) is 0 Å². The Labute approximate surface area is 159 Å². The van der Waals surface area contributed by atoms with Crippen LogP contribution in [0.5, 0.6) is 0 Å². The molecule has 1 aliphatic rings. The maximum absolute atomic E-state index is 5.37. The van der Waals surface area contributed by atoms with E-state index in [2.05, 4.69) is 57.7 Å². The van der Waals surface area contributed by atoms with Gasteiger partial charge in [-0.1, -0.05) is 103 Å². The van der Waals surface area contributed by atoms with Gasteiger partial charge in [0.2, 0.25) is 0 Å². The predicted molar refractivity (Wildman–Crippen MR) is 99.4 cm³/mol. The molecule has 0 aromatic heterocycles. The summed E-state index contributed by atoms with van der Waals surface area (Å²) in [6.45, 7) is 17.2. The standard InChI is InChI=1S/C4HCl2N2.3C4H9.Sn/c5-3-1-7-2-4(6)8-3;3*1-3-4-2;/h1H;3*1,3-4H2,2H3;. The van der Waals surface area contributed by atoms with E-state index in [0.717, 1.165) is 19.3 Å². The van der Waals surface area contributed by atoms with Crippen LogP contribution >= 0.6 is 23.2 Å². The maximum atomic E-state index is 5.37. The molecule has 0 spiro atoms. The van der Waals surface area contributed by atoms with Gasteiger partial charge in [0.1, 0.15) is 0 Å². The van der Waals surface area contributed by atoms with Gasteiger partial charge in [-0.2, -0.15) is 0 Å². The van der Waals surface area contributed by atoms with Crippen molar-refractivity contribution < 1.29 is 0 Å². The monoisotopic (exact) mass is 438 g/mol. The van der Waals surface area contributed by atoms with Crippen molar-refractivity contribution in [1.82, 2.24) is 5.32 Å². The Kier molecular flexibility index (Phi) is 39.9. The molecule has 0 saturated carbocycles. The SMILES string of the molecule is ClC1=C=NC=C(Cl)[N]1.[CH2]CCC.[CH2]CCC.[CH2]CCC.[Sn]. The van der Waals surface area contributed by atoms with Gasteiger partial charge >= 0.3 is 0 Å². The fraction of sp³-hybridized carbons (Fsp3) is 0.562. The van der Waals surface area contributed by atoms with E-state index >= 15 is 0 Å². The quantitative estimate of drug-likeness (QED) is 0.389. The molecule has 0 atom stereocenters. The van der Waals surface area contributed by atoms with E-state index in [1.807, 2.05) is 0 Å².